The highest BCUT2D eigenvalue weighted by Gasteiger charge is 2.29. The number of nitrogens with one attached hydrogen (secondary N) is 2. The molecule has 0 spiro atoms. The highest BCUT2D eigenvalue weighted by atomic mass is 19.1. The van der Waals surface area contributed by atoms with Crippen LogP contribution in [0.4, 0.5) is 4.39 Å². The summed E-state index contributed by atoms with van der Waals surface area (Å²) in [5.74, 6) is -0.866. The summed E-state index contributed by atoms with van der Waals surface area (Å²) in [6, 6.07) is 4.07. The van der Waals surface area contributed by atoms with Crippen molar-refractivity contribution in [2.75, 3.05) is 13.2 Å². The molecule has 4 N–H and O–H groups in total. The van der Waals surface area contributed by atoms with E-state index in [1.807, 2.05) is 5.48 Å². The maximum atomic E-state index is 13.4. The van der Waals surface area contributed by atoms with Gasteiger partial charge >= 0.3 is 0 Å². The molecule has 10 nitrogen and oxygen atoms in total. The van der Waals surface area contributed by atoms with Crippen molar-refractivity contribution in [3.8, 4) is 5.88 Å². The maximum absolute atomic E-state index is 13.4. The summed E-state index contributed by atoms with van der Waals surface area (Å²) in [6.07, 6.45) is -0.234. The van der Waals surface area contributed by atoms with Gasteiger partial charge in [0.05, 0.1) is 19.2 Å². The molecule has 1 aromatic carbocycles. The molecule has 27 heavy (non-hydrogen) atoms. The third kappa shape index (κ3) is 4.20. The molecule has 1 heterocycles. The Hall–Kier alpha value is -3.05. The van der Waals surface area contributed by atoms with Crippen molar-refractivity contribution in [1.82, 2.24) is 21.1 Å². The van der Waals surface area contributed by atoms with Crippen LogP contribution in [0, 0.1) is 5.82 Å². The molecule has 0 saturated carbocycles. The van der Waals surface area contributed by atoms with Crippen LogP contribution in [0.5, 0.6) is 5.88 Å². The fourth-order valence-corrected chi connectivity index (χ4v) is 2.62. The molecule has 0 bridgehead atoms. The first-order valence-corrected chi connectivity index (χ1v) is 8.13. The molecule has 0 fully saturated rings. The molecule has 0 radical (unpaired) electrons. The van der Waals surface area contributed by atoms with Gasteiger partial charge < -0.3 is 15.2 Å². The number of aromatic nitrogens is 2. The number of benzene rings is 1. The first-order chi connectivity index (χ1) is 13.0. The van der Waals surface area contributed by atoms with Gasteiger partial charge in [-0.25, -0.2) is 9.02 Å². The monoisotopic (exact) mass is 379 g/mol. The van der Waals surface area contributed by atoms with E-state index in [-0.39, 0.29) is 41.7 Å². The number of carbonyl (C=O) groups is 1. The average molecular weight is 379 g/mol. The van der Waals surface area contributed by atoms with E-state index in [1.165, 1.54) is 19.1 Å². The van der Waals surface area contributed by atoms with Crippen molar-refractivity contribution in [1.29, 1.82) is 0 Å². The number of amides is 1. The molecule has 1 aromatic heterocycles. The largest absolute Gasteiger partial charge is 0.466 e. The SMILES string of the molecule is CC(=O)NCC(CO)Oc1nonc1C(=N[C@H]1Cc2ccc(F)cc21)NO. The first kappa shape index (κ1) is 18.7. The maximum Gasteiger partial charge on any atom is 0.287 e. The Morgan fingerprint density at radius 3 is 3.04 bits per heavy atom. The van der Waals surface area contributed by atoms with Crippen LogP contribution < -0.4 is 15.5 Å². The standard InChI is InChI=1S/C16H18FN5O5/c1-8(24)18-6-11(7-23)26-16-14(21-27-22-16)15(20-25)19-13-4-9-2-3-10(17)5-12(9)13/h2-3,5,11,13,23,25H,4,6-7H2,1H3,(H,18,24)(H,19,20)/t11?,13-/m0/s1. The number of hydrogen-bond acceptors (Lipinski definition) is 8. The van der Waals surface area contributed by atoms with Crippen molar-refractivity contribution in [2.24, 2.45) is 4.99 Å². The molecule has 2 atom stereocenters. The number of hydroxylamine groups is 1. The van der Waals surface area contributed by atoms with Gasteiger partial charge in [-0.1, -0.05) is 6.07 Å². The first-order valence-electron chi connectivity index (χ1n) is 8.13. The number of aliphatic imine (C=N–C) groups is 1. The summed E-state index contributed by atoms with van der Waals surface area (Å²) in [5, 5.41) is 28.5. The van der Waals surface area contributed by atoms with E-state index in [4.69, 9.17) is 4.74 Å². The van der Waals surface area contributed by atoms with Gasteiger partial charge in [-0.15, -0.1) is 0 Å². The summed E-state index contributed by atoms with van der Waals surface area (Å²) >= 11 is 0. The fraction of sp³-hybridized carbons (Fsp3) is 0.375. The minimum Gasteiger partial charge on any atom is -0.466 e. The summed E-state index contributed by atoms with van der Waals surface area (Å²) in [4.78, 5) is 15.3. The molecule has 11 heteroatoms. The van der Waals surface area contributed by atoms with E-state index in [2.05, 4.69) is 25.3 Å². The van der Waals surface area contributed by atoms with Gasteiger partial charge in [0, 0.05) is 6.92 Å². The second-order valence-electron chi connectivity index (χ2n) is 5.93. The zero-order valence-electron chi connectivity index (χ0n) is 14.3. The Morgan fingerprint density at radius 2 is 2.33 bits per heavy atom. The second kappa shape index (κ2) is 8.10. The third-order valence-electron chi connectivity index (χ3n) is 4.01. The predicted octanol–water partition coefficient (Wildman–Crippen LogP) is 0.107. The van der Waals surface area contributed by atoms with Crippen molar-refractivity contribution >= 4 is 11.7 Å². The third-order valence-corrected chi connectivity index (χ3v) is 4.01. The number of amidine groups is 1. The minimum atomic E-state index is -0.807. The number of ether oxygens (including phenoxy) is 1. The van der Waals surface area contributed by atoms with E-state index in [0.717, 1.165) is 5.56 Å². The number of aliphatic hydroxyl groups is 1. The minimum absolute atomic E-state index is 0.0244. The van der Waals surface area contributed by atoms with E-state index in [9.17, 15) is 19.5 Å². The van der Waals surface area contributed by atoms with Gasteiger partial charge in [-0.05, 0) is 40.0 Å². The Kier molecular flexibility index (Phi) is 5.62. The van der Waals surface area contributed by atoms with Crippen LogP contribution in [0.2, 0.25) is 0 Å². The van der Waals surface area contributed by atoms with Gasteiger partial charge in [-0.2, -0.15) is 0 Å². The van der Waals surface area contributed by atoms with Crippen LogP contribution in [0.15, 0.2) is 27.8 Å². The molecule has 3 rings (SSSR count). The lowest BCUT2D eigenvalue weighted by Gasteiger charge is -2.27. The zero-order chi connectivity index (χ0) is 19.4. The summed E-state index contributed by atoms with van der Waals surface area (Å²) in [6.45, 7) is 0.963. The number of carbonyl (C=O) groups excluding carboxylic acids is 1. The molecule has 0 aliphatic heterocycles. The molecule has 2 aromatic rings. The van der Waals surface area contributed by atoms with Gasteiger partial charge in [0.2, 0.25) is 11.6 Å². The van der Waals surface area contributed by atoms with Crippen LogP contribution in [0.25, 0.3) is 0 Å². The smallest absolute Gasteiger partial charge is 0.287 e. The van der Waals surface area contributed by atoms with Crippen LogP contribution in [0.3, 0.4) is 0 Å². The van der Waals surface area contributed by atoms with Crippen LogP contribution in [-0.4, -0.2) is 51.6 Å². The summed E-state index contributed by atoms with van der Waals surface area (Å²) in [7, 11) is 0. The molecular weight excluding hydrogens is 361 g/mol. The molecule has 1 aliphatic rings. The number of halogens is 1. The predicted molar refractivity (Wildman–Crippen MR) is 88.8 cm³/mol. The molecule has 1 aliphatic carbocycles. The van der Waals surface area contributed by atoms with Crippen molar-refractivity contribution in [2.45, 2.75) is 25.5 Å². The lowest BCUT2D eigenvalue weighted by atomic mass is 9.83. The van der Waals surface area contributed by atoms with Crippen LogP contribution in [0.1, 0.15) is 29.8 Å². The van der Waals surface area contributed by atoms with Crippen molar-refractivity contribution in [3.05, 3.63) is 40.8 Å². The van der Waals surface area contributed by atoms with Crippen LogP contribution >= 0.6 is 0 Å². The second-order valence-corrected chi connectivity index (χ2v) is 5.93. The number of nitrogens with zero attached hydrogens (tertiary/aromatic N) is 3. The number of aliphatic hydroxyl groups excluding tert-OH is 1. The molecule has 0 saturated heterocycles. The Labute approximate surface area is 153 Å². The number of fused-ring (bicyclic) bond motifs is 1. The molecule has 144 valence electrons. The van der Waals surface area contributed by atoms with E-state index in [1.54, 1.807) is 6.07 Å². The van der Waals surface area contributed by atoms with Gasteiger partial charge in [0.1, 0.15) is 11.9 Å². The number of hydrogen-bond donors (Lipinski definition) is 4. The Balaban J connectivity index is 1.77. The van der Waals surface area contributed by atoms with Crippen molar-refractivity contribution in [3.63, 3.8) is 0 Å². The molecular formula is C16H18FN5O5. The van der Waals surface area contributed by atoms with Crippen LogP contribution in [-0.2, 0) is 11.2 Å². The van der Waals surface area contributed by atoms with E-state index < -0.39 is 12.7 Å². The molecule has 1 amide bonds. The average Bonchev–Trinajstić information content (AvgIpc) is 3.09. The Bertz CT molecular complexity index is 855. The lowest BCUT2D eigenvalue weighted by molar-refractivity contribution is -0.119. The number of rotatable bonds is 7. The van der Waals surface area contributed by atoms with Gasteiger partial charge in [0.15, 0.2) is 5.84 Å². The van der Waals surface area contributed by atoms with E-state index >= 15 is 0 Å². The Morgan fingerprint density at radius 1 is 1.52 bits per heavy atom. The van der Waals surface area contributed by atoms with Gasteiger partial charge in [-0.3, -0.25) is 20.5 Å². The highest BCUT2D eigenvalue weighted by molar-refractivity contribution is 5.98. The summed E-state index contributed by atoms with van der Waals surface area (Å²) in [5.41, 5.74) is 3.56. The zero-order valence-corrected chi connectivity index (χ0v) is 14.3. The quantitative estimate of drug-likeness (QED) is 0.302. The summed E-state index contributed by atoms with van der Waals surface area (Å²) < 4.78 is 23.5. The topological polar surface area (TPSA) is 142 Å². The lowest BCUT2D eigenvalue weighted by Crippen LogP contribution is -2.37. The van der Waals surface area contributed by atoms with E-state index in [0.29, 0.717) is 12.0 Å². The normalized spacial score (nSPS) is 16.9. The van der Waals surface area contributed by atoms with Crippen molar-refractivity contribution < 1.29 is 28.9 Å². The molecule has 1 unspecified atom stereocenters. The fourth-order valence-electron chi connectivity index (χ4n) is 2.62. The van der Waals surface area contributed by atoms with Gasteiger partial charge in [0.25, 0.3) is 5.88 Å². The highest BCUT2D eigenvalue weighted by Crippen LogP contribution is 2.37.